The number of hydrogen-bond donors (Lipinski definition) is 0. The molecule has 0 amide bonds. The van der Waals surface area contributed by atoms with Gasteiger partial charge in [0, 0.05) is 35.0 Å². The summed E-state index contributed by atoms with van der Waals surface area (Å²) < 4.78 is 27.6. The Labute approximate surface area is 86.7 Å². The van der Waals surface area contributed by atoms with Gasteiger partial charge in [0.05, 0.1) is 0 Å². The average molecular weight is 238 g/mol. The molecule has 0 radical (unpaired) electrons. The molecule has 14 heavy (non-hydrogen) atoms. The minimum Gasteiger partial charge on any atom is -0.395 e. The minimum absolute atomic E-state index is 0.662. The molecule has 7 heteroatoms. The van der Waals surface area contributed by atoms with Crippen LogP contribution in [0.25, 0.3) is 0 Å². The van der Waals surface area contributed by atoms with Crippen LogP contribution >= 0.6 is 0 Å². The molecule has 1 heterocycles. The van der Waals surface area contributed by atoms with Crippen LogP contribution in [0.15, 0.2) is 0 Å². The summed E-state index contributed by atoms with van der Waals surface area (Å²) in [4.78, 5) is 0. The zero-order valence-electron chi connectivity index (χ0n) is 9.16. The third-order valence-corrected chi connectivity index (χ3v) is 14.0. The van der Waals surface area contributed by atoms with E-state index in [0.717, 1.165) is 12.5 Å². The van der Waals surface area contributed by atoms with E-state index in [0.29, 0.717) is 6.61 Å². The van der Waals surface area contributed by atoms with E-state index in [4.69, 9.17) is 22.1 Å². The molecule has 0 spiro atoms. The summed E-state index contributed by atoms with van der Waals surface area (Å²) in [7, 11) is 1.33. The quantitative estimate of drug-likeness (QED) is 0.666. The molecule has 5 nitrogen and oxygen atoms in total. The van der Waals surface area contributed by atoms with Crippen molar-refractivity contribution in [1.82, 2.24) is 0 Å². The van der Waals surface area contributed by atoms with Gasteiger partial charge >= 0.3 is 16.4 Å². The van der Waals surface area contributed by atoms with Crippen LogP contribution in [0, 0.1) is 0 Å². The predicted octanol–water partition coefficient (Wildman–Crippen LogP) is 0.452. The Morgan fingerprint density at radius 2 is 1.50 bits per heavy atom. The summed E-state index contributed by atoms with van der Waals surface area (Å²) in [5.41, 5.74) is 0. The van der Waals surface area contributed by atoms with Gasteiger partial charge in [0.15, 0.2) is 0 Å². The highest BCUT2D eigenvalue weighted by molar-refractivity contribution is 7.29. The SMILES string of the molecule is CO[Si]1(OC)CCCO[Si]1(OC)OC. The summed E-state index contributed by atoms with van der Waals surface area (Å²) in [6, 6.07) is 0.869. The van der Waals surface area contributed by atoms with Gasteiger partial charge < -0.3 is 22.1 Å². The molecular weight excluding hydrogens is 220 g/mol. The molecule has 1 aliphatic heterocycles. The molecule has 0 aromatic rings. The largest absolute Gasteiger partial charge is 0.538 e. The minimum atomic E-state index is -2.72. The van der Waals surface area contributed by atoms with E-state index in [1.807, 2.05) is 0 Å². The Morgan fingerprint density at radius 1 is 0.929 bits per heavy atom. The van der Waals surface area contributed by atoms with Crippen molar-refractivity contribution in [2.75, 3.05) is 35.0 Å². The van der Waals surface area contributed by atoms with Crippen LogP contribution < -0.4 is 0 Å². The third kappa shape index (κ3) is 1.69. The van der Waals surface area contributed by atoms with Crippen molar-refractivity contribution in [3.8, 4) is 0 Å². The van der Waals surface area contributed by atoms with Gasteiger partial charge in [0.25, 0.3) is 0 Å². The van der Waals surface area contributed by atoms with Gasteiger partial charge in [-0.3, -0.25) is 0 Å². The zero-order valence-corrected chi connectivity index (χ0v) is 11.2. The van der Waals surface area contributed by atoms with Gasteiger partial charge in [-0.05, 0) is 12.5 Å². The van der Waals surface area contributed by atoms with Gasteiger partial charge in [-0.25, -0.2) is 0 Å². The van der Waals surface area contributed by atoms with E-state index >= 15 is 0 Å². The fourth-order valence-electron chi connectivity index (χ4n) is 1.82. The number of rotatable bonds is 4. The van der Waals surface area contributed by atoms with Crippen molar-refractivity contribution in [2.45, 2.75) is 12.5 Å². The fraction of sp³-hybridized carbons (Fsp3) is 1.00. The van der Waals surface area contributed by atoms with Crippen LogP contribution in [0.5, 0.6) is 0 Å². The fourth-order valence-corrected chi connectivity index (χ4v) is 11.3. The lowest BCUT2D eigenvalue weighted by Gasteiger charge is -2.42. The first-order valence-electron chi connectivity index (χ1n) is 4.55. The van der Waals surface area contributed by atoms with Gasteiger partial charge in [-0.15, -0.1) is 0 Å². The Kier molecular flexibility index (Phi) is 4.25. The van der Waals surface area contributed by atoms with E-state index < -0.39 is 16.4 Å². The smallest absolute Gasteiger partial charge is 0.395 e. The first-order chi connectivity index (χ1) is 6.70. The van der Waals surface area contributed by atoms with Crippen LogP contribution in [0.1, 0.15) is 6.42 Å². The molecule has 0 aromatic carbocycles. The molecule has 0 N–H and O–H groups in total. The van der Waals surface area contributed by atoms with Crippen LogP contribution in [-0.4, -0.2) is 51.4 Å². The summed E-state index contributed by atoms with van der Waals surface area (Å²) in [6.07, 6.45) is 0.940. The molecule has 0 bridgehead atoms. The second kappa shape index (κ2) is 4.84. The van der Waals surface area contributed by atoms with Crippen molar-refractivity contribution in [2.24, 2.45) is 0 Å². The van der Waals surface area contributed by atoms with Gasteiger partial charge in [0.2, 0.25) is 0 Å². The van der Waals surface area contributed by atoms with Gasteiger partial charge in [0.1, 0.15) is 0 Å². The molecular formula is C7H18O5Si2. The highest BCUT2D eigenvalue weighted by Gasteiger charge is 2.68. The monoisotopic (exact) mass is 238 g/mol. The molecule has 0 unspecified atom stereocenters. The molecule has 1 rings (SSSR count). The molecule has 0 aliphatic carbocycles. The Balaban J connectivity index is 2.96. The van der Waals surface area contributed by atoms with E-state index in [9.17, 15) is 0 Å². The van der Waals surface area contributed by atoms with Crippen molar-refractivity contribution in [3.63, 3.8) is 0 Å². The Bertz CT molecular complexity index is 161. The van der Waals surface area contributed by atoms with Crippen LogP contribution in [0.4, 0.5) is 0 Å². The topological polar surface area (TPSA) is 46.2 Å². The van der Waals surface area contributed by atoms with E-state index in [-0.39, 0.29) is 0 Å². The maximum absolute atomic E-state index is 5.67. The molecule has 84 valence electrons. The third-order valence-electron chi connectivity index (χ3n) is 2.61. The first kappa shape index (κ1) is 12.3. The van der Waals surface area contributed by atoms with Gasteiger partial charge in [-0.2, -0.15) is 0 Å². The highest BCUT2D eigenvalue weighted by Crippen LogP contribution is 2.32. The summed E-state index contributed by atoms with van der Waals surface area (Å²) in [6.45, 7) is 0.662. The molecule has 1 fully saturated rings. The lowest BCUT2D eigenvalue weighted by Crippen LogP contribution is -2.72. The Hall–Kier alpha value is 0.234. The maximum Gasteiger partial charge on any atom is 0.538 e. The van der Waals surface area contributed by atoms with Crippen LogP contribution in [0.3, 0.4) is 0 Å². The lowest BCUT2D eigenvalue weighted by atomic mass is 10.5. The molecule has 0 atom stereocenters. The molecule has 1 aliphatic rings. The summed E-state index contributed by atoms with van der Waals surface area (Å²) >= 11 is 0. The predicted molar refractivity (Wildman–Crippen MR) is 54.9 cm³/mol. The summed E-state index contributed by atoms with van der Waals surface area (Å²) in [5.74, 6) is 0. The van der Waals surface area contributed by atoms with Gasteiger partial charge in [-0.1, -0.05) is 0 Å². The van der Waals surface area contributed by atoms with Crippen LogP contribution in [0.2, 0.25) is 6.04 Å². The van der Waals surface area contributed by atoms with Crippen molar-refractivity contribution < 1.29 is 22.1 Å². The molecule has 1 saturated heterocycles. The second-order valence-electron chi connectivity index (χ2n) is 3.08. The van der Waals surface area contributed by atoms with E-state index in [1.54, 1.807) is 28.4 Å². The number of hydrogen-bond acceptors (Lipinski definition) is 5. The second-order valence-corrected chi connectivity index (χ2v) is 12.2. The average Bonchev–Trinajstić information content (AvgIpc) is 2.28. The normalized spacial score (nSPS) is 24.9. The lowest BCUT2D eigenvalue weighted by molar-refractivity contribution is 0.0818. The van der Waals surface area contributed by atoms with Crippen LogP contribution in [-0.2, 0) is 22.1 Å². The molecule has 0 saturated carbocycles. The molecule has 0 aromatic heterocycles. The zero-order chi connectivity index (χ0) is 10.7. The van der Waals surface area contributed by atoms with Crippen molar-refractivity contribution in [1.29, 1.82) is 0 Å². The summed E-state index contributed by atoms with van der Waals surface area (Å²) in [5, 5.41) is 0. The van der Waals surface area contributed by atoms with E-state index in [1.165, 1.54) is 0 Å². The van der Waals surface area contributed by atoms with E-state index in [2.05, 4.69) is 0 Å². The maximum atomic E-state index is 5.67. The van der Waals surface area contributed by atoms with Crippen molar-refractivity contribution in [3.05, 3.63) is 0 Å². The highest BCUT2D eigenvalue weighted by atomic mass is 29.3. The first-order valence-corrected chi connectivity index (χ1v) is 9.29. The standard InChI is InChI=1S/C7H18O5Si2/c1-8-13(9-2)7-5-6-12-14(13,10-3)11-4/h5-7H2,1-4H3. The Morgan fingerprint density at radius 3 is 1.86 bits per heavy atom. The van der Waals surface area contributed by atoms with Crippen molar-refractivity contribution >= 4 is 16.4 Å².